The number of amides is 2. The molecule has 0 bridgehead atoms. The smallest absolute Gasteiger partial charge is 0.266 e. The van der Waals surface area contributed by atoms with Crippen LogP contribution >= 0.6 is 11.8 Å². The largest absolute Gasteiger partial charge is 0.496 e. The Balaban J connectivity index is 2.07. The number of fused-ring (bicyclic) bond motifs is 1. The summed E-state index contributed by atoms with van der Waals surface area (Å²) in [6, 6.07) is 12.2. The van der Waals surface area contributed by atoms with E-state index in [-0.39, 0.29) is 11.8 Å². The lowest BCUT2D eigenvalue weighted by atomic mass is 10.1. The molecular formula is C16H13NO3S. The van der Waals surface area contributed by atoms with E-state index in [0.717, 1.165) is 4.90 Å². The van der Waals surface area contributed by atoms with Gasteiger partial charge in [0.05, 0.1) is 23.9 Å². The standard InChI is InChI=1S/C16H13NO3S/c1-20-13-9-10(7-8-14(13)21-2)17-15(18)11-5-3-4-6-12(11)16(17)19/h3-9H,1-2H3. The van der Waals surface area contributed by atoms with E-state index in [9.17, 15) is 9.59 Å². The lowest BCUT2D eigenvalue weighted by Gasteiger charge is -2.16. The fourth-order valence-electron chi connectivity index (χ4n) is 2.39. The normalized spacial score (nSPS) is 13.5. The monoisotopic (exact) mass is 299 g/mol. The zero-order valence-corrected chi connectivity index (χ0v) is 12.4. The third-order valence-corrected chi connectivity index (χ3v) is 4.20. The van der Waals surface area contributed by atoms with Crippen molar-refractivity contribution >= 4 is 29.3 Å². The van der Waals surface area contributed by atoms with Crippen LogP contribution < -0.4 is 9.64 Å². The minimum Gasteiger partial charge on any atom is -0.496 e. The molecule has 21 heavy (non-hydrogen) atoms. The van der Waals surface area contributed by atoms with Gasteiger partial charge in [-0.15, -0.1) is 11.8 Å². The Morgan fingerprint density at radius 3 is 2.14 bits per heavy atom. The second-order valence-corrected chi connectivity index (χ2v) is 5.38. The zero-order chi connectivity index (χ0) is 15.0. The molecule has 0 saturated heterocycles. The van der Waals surface area contributed by atoms with E-state index in [0.29, 0.717) is 22.6 Å². The Kier molecular flexibility index (Phi) is 3.43. The van der Waals surface area contributed by atoms with Crippen LogP contribution in [0.25, 0.3) is 0 Å². The van der Waals surface area contributed by atoms with Gasteiger partial charge >= 0.3 is 0 Å². The summed E-state index contributed by atoms with van der Waals surface area (Å²) < 4.78 is 5.31. The molecule has 2 aromatic rings. The van der Waals surface area contributed by atoms with Gasteiger partial charge in [-0.25, -0.2) is 4.90 Å². The molecule has 0 N–H and O–H groups in total. The van der Waals surface area contributed by atoms with E-state index < -0.39 is 0 Å². The fraction of sp³-hybridized carbons (Fsp3) is 0.125. The highest BCUT2D eigenvalue weighted by Gasteiger charge is 2.36. The molecule has 0 radical (unpaired) electrons. The lowest BCUT2D eigenvalue weighted by molar-refractivity contribution is 0.0926. The highest BCUT2D eigenvalue weighted by molar-refractivity contribution is 7.98. The Bertz CT molecular complexity index is 707. The van der Waals surface area contributed by atoms with Crippen molar-refractivity contribution in [3.63, 3.8) is 0 Å². The highest BCUT2D eigenvalue weighted by atomic mass is 32.2. The third-order valence-electron chi connectivity index (χ3n) is 3.42. The van der Waals surface area contributed by atoms with Crippen LogP contribution in [-0.2, 0) is 0 Å². The molecule has 106 valence electrons. The van der Waals surface area contributed by atoms with Crippen molar-refractivity contribution < 1.29 is 14.3 Å². The maximum Gasteiger partial charge on any atom is 0.266 e. The summed E-state index contributed by atoms with van der Waals surface area (Å²) in [5, 5.41) is 0. The number of hydrogen-bond donors (Lipinski definition) is 0. The molecule has 1 aliphatic heterocycles. The van der Waals surface area contributed by atoms with Crippen molar-refractivity contribution in [1.29, 1.82) is 0 Å². The second kappa shape index (κ2) is 5.26. The number of anilines is 1. The van der Waals surface area contributed by atoms with E-state index >= 15 is 0 Å². The predicted octanol–water partition coefficient (Wildman–Crippen LogP) is 3.22. The molecule has 2 amide bonds. The number of hydrogen-bond acceptors (Lipinski definition) is 4. The average Bonchev–Trinajstić information content (AvgIpc) is 2.78. The van der Waals surface area contributed by atoms with Crippen molar-refractivity contribution in [2.24, 2.45) is 0 Å². The molecule has 0 saturated carbocycles. The van der Waals surface area contributed by atoms with Gasteiger partial charge in [0.15, 0.2) is 0 Å². The number of methoxy groups -OCH3 is 1. The molecule has 0 atom stereocenters. The minimum atomic E-state index is -0.297. The molecule has 0 unspecified atom stereocenters. The first-order valence-electron chi connectivity index (χ1n) is 6.37. The van der Waals surface area contributed by atoms with Gasteiger partial charge in [0.2, 0.25) is 0 Å². The Hall–Kier alpha value is -2.27. The first kappa shape index (κ1) is 13.7. The van der Waals surface area contributed by atoms with Crippen molar-refractivity contribution in [3.05, 3.63) is 53.6 Å². The average molecular weight is 299 g/mol. The third kappa shape index (κ3) is 2.10. The predicted molar refractivity (Wildman–Crippen MR) is 82.4 cm³/mol. The fourth-order valence-corrected chi connectivity index (χ4v) is 2.94. The number of ether oxygens (including phenoxy) is 1. The minimum absolute atomic E-state index is 0.297. The molecule has 0 aromatic heterocycles. The number of rotatable bonds is 3. The Morgan fingerprint density at radius 2 is 1.62 bits per heavy atom. The van der Waals surface area contributed by atoms with Gasteiger partial charge in [0, 0.05) is 11.0 Å². The van der Waals surface area contributed by atoms with Crippen molar-refractivity contribution in [2.75, 3.05) is 18.3 Å². The van der Waals surface area contributed by atoms with E-state index in [4.69, 9.17) is 4.74 Å². The molecule has 2 aromatic carbocycles. The number of imide groups is 1. The first-order chi connectivity index (χ1) is 10.2. The van der Waals surface area contributed by atoms with Crippen LogP contribution in [0.4, 0.5) is 5.69 Å². The van der Waals surface area contributed by atoms with Gasteiger partial charge in [-0.05, 0) is 30.5 Å². The van der Waals surface area contributed by atoms with Crippen LogP contribution in [0.3, 0.4) is 0 Å². The number of carbonyl (C=O) groups is 2. The number of thioether (sulfide) groups is 1. The molecular weight excluding hydrogens is 286 g/mol. The van der Waals surface area contributed by atoms with Crippen molar-refractivity contribution in [3.8, 4) is 5.75 Å². The van der Waals surface area contributed by atoms with Gasteiger partial charge in [-0.1, -0.05) is 12.1 Å². The summed E-state index contributed by atoms with van der Waals surface area (Å²) in [4.78, 5) is 27.0. The van der Waals surface area contributed by atoms with Crippen molar-refractivity contribution in [2.45, 2.75) is 4.90 Å². The van der Waals surface area contributed by atoms with Gasteiger partial charge in [-0.2, -0.15) is 0 Å². The SMILES string of the molecule is COc1cc(N2C(=O)c3ccccc3C2=O)ccc1SC. The van der Waals surface area contributed by atoms with E-state index in [1.807, 2.05) is 12.3 Å². The quantitative estimate of drug-likeness (QED) is 0.645. The second-order valence-electron chi connectivity index (χ2n) is 4.53. The van der Waals surface area contributed by atoms with Gasteiger partial charge < -0.3 is 4.74 Å². The number of benzene rings is 2. The molecule has 0 spiro atoms. The molecule has 4 nitrogen and oxygen atoms in total. The topological polar surface area (TPSA) is 46.6 Å². The molecule has 3 rings (SSSR count). The van der Waals surface area contributed by atoms with Gasteiger partial charge in [0.25, 0.3) is 11.8 Å². The van der Waals surface area contributed by atoms with Crippen LogP contribution in [0.15, 0.2) is 47.4 Å². The van der Waals surface area contributed by atoms with E-state index in [1.54, 1.807) is 55.3 Å². The number of nitrogens with zero attached hydrogens (tertiary/aromatic N) is 1. The summed E-state index contributed by atoms with van der Waals surface area (Å²) in [6.45, 7) is 0. The molecule has 0 fully saturated rings. The summed E-state index contributed by atoms with van der Waals surface area (Å²) in [5.41, 5.74) is 1.40. The summed E-state index contributed by atoms with van der Waals surface area (Å²) >= 11 is 1.55. The molecule has 1 heterocycles. The highest BCUT2D eigenvalue weighted by Crippen LogP contribution is 2.35. The lowest BCUT2D eigenvalue weighted by Crippen LogP contribution is -2.29. The summed E-state index contributed by atoms with van der Waals surface area (Å²) in [5.74, 6) is 0.0562. The Morgan fingerprint density at radius 1 is 1.00 bits per heavy atom. The van der Waals surface area contributed by atoms with Crippen LogP contribution in [0, 0.1) is 0 Å². The van der Waals surface area contributed by atoms with E-state index in [2.05, 4.69) is 0 Å². The molecule has 5 heteroatoms. The van der Waals surface area contributed by atoms with Crippen LogP contribution in [0.5, 0.6) is 5.75 Å². The van der Waals surface area contributed by atoms with Gasteiger partial charge in [0.1, 0.15) is 5.75 Å². The van der Waals surface area contributed by atoms with Gasteiger partial charge in [-0.3, -0.25) is 9.59 Å². The molecule has 0 aliphatic carbocycles. The van der Waals surface area contributed by atoms with Crippen LogP contribution in [0.1, 0.15) is 20.7 Å². The molecule has 1 aliphatic rings. The van der Waals surface area contributed by atoms with Crippen molar-refractivity contribution in [1.82, 2.24) is 0 Å². The maximum absolute atomic E-state index is 12.4. The maximum atomic E-state index is 12.4. The zero-order valence-electron chi connectivity index (χ0n) is 11.6. The summed E-state index contributed by atoms with van der Waals surface area (Å²) in [6.07, 6.45) is 1.94. The number of carbonyl (C=O) groups excluding carboxylic acids is 2. The van der Waals surface area contributed by atoms with Crippen LogP contribution in [-0.4, -0.2) is 25.2 Å². The van der Waals surface area contributed by atoms with Crippen LogP contribution in [0.2, 0.25) is 0 Å². The van der Waals surface area contributed by atoms with E-state index in [1.165, 1.54) is 4.90 Å². The first-order valence-corrected chi connectivity index (χ1v) is 7.59. The Labute approximate surface area is 126 Å². The summed E-state index contributed by atoms with van der Waals surface area (Å²) in [7, 11) is 1.57.